The molecule has 0 atom stereocenters. The van der Waals surface area contributed by atoms with E-state index in [0.29, 0.717) is 0 Å². The Bertz CT molecular complexity index is 1550. The minimum atomic E-state index is 0.0448. The van der Waals surface area contributed by atoms with Crippen LogP contribution in [0.25, 0.3) is 42.2 Å². The molecule has 31 heavy (non-hydrogen) atoms. The fourth-order valence-corrected chi connectivity index (χ4v) is 6.86. The number of thiophene rings is 1. The summed E-state index contributed by atoms with van der Waals surface area (Å²) in [7, 11) is 0. The van der Waals surface area contributed by atoms with E-state index in [-0.39, 0.29) is 10.8 Å². The Kier molecular flexibility index (Phi) is 3.79. The van der Waals surface area contributed by atoms with Crippen molar-refractivity contribution in [3.05, 3.63) is 76.4 Å². The van der Waals surface area contributed by atoms with Crippen molar-refractivity contribution < 1.29 is 0 Å². The molecule has 0 N–H and O–H groups in total. The van der Waals surface area contributed by atoms with Crippen LogP contribution in [0.3, 0.4) is 0 Å². The Morgan fingerprint density at radius 2 is 1.58 bits per heavy atom. The highest BCUT2D eigenvalue weighted by molar-refractivity contribution is 7.26. The first-order chi connectivity index (χ1) is 14.7. The molecule has 1 aliphatic carbocycles. The van der Waals surface area contributed by atoms with Crippen LogP contribution >= 0.6 is 22.9 Å². The van der Waals surface area contributed by atoms with E-state index in [9.17, 15) is 0 Å². The molecule has 3 aromatic carbocycles. The standard InChI is InChI=1S/C28H24ClNS/c1-15-22(29)10-9-18-19-11-12-30-24(26(19)31-25(15)18)17-13-16-7-6-8-20-23(16)21(14-17)28(4,5)27(20,2)3/h6-14H,1-5H3. The second-order valence-electron chi connectivity index (χ2n) is 9.86. The number of aromatic nitrogens is 1. The fraction of sp³-hybridized carbons (Fsp3) is 0.250. The van der Waals surface area contributed by atoms with Gasteiger partial charge >= 0.3 is 0 Å². The van der Waals surface area contributed by atoms with Crippen molar-refractivity contribution in [1.82, 2.24) is 4.98 Å². The van der Waals surface area contributed by atoms with E-state index in [0.717, 1.165) is 16.3 Å². The highest BCUT2D eigenvalue weighted by Gasteiger charge is 2.47. The minimum Gasteiger partial charge on any atom is -0.255 e. The number of halogens is 1. The topological polar surface area (TPSA) is 12.9 Å². The molecule has 0 fully saturated rings. The molecule has 0 saturated heterocycles. The van der Waals surface area contributed by atoms with E-state index in [1.165, 1.54) is 47.6 Å². The lowest BCUT2D eigenvalue weighted by Crippen LogP contribution is -2.35. The Balaban J connectivity index is 1.70. The maximum Gasteiger partial charge on any atom is 0.0880 e. The molecule has 0 spiro atoms. The Labute approximate surface area is 191 Å². The molecule has 1 aliphatic rings. The number of hydrogen-bond donors (Lipinski definition) is 0. The van der Waals surface area contributed by atoms with Crippen molar-refractivity contribution in [2.24, 2.45) is 0 Å². The largest absolute Gasteiger partial charge is 0.255 e. The molecule has 3 heteroatoms. The summed E-state index contributed by atoms with van der Waals surface area (Å²) in [4.78, 5) is 4.89. The molecular weight excluding hydrogens is 418 g/mol. The van der Waals surface area contributed by atoms with Gasteiger partial charge in [-0.25, -0.2) is 0 Å². The van der Waals surface area contributed by atoms with Crippen LogP contribution in [-0.2, 0) is 10.8 Å². The molecule has 154 valence electrons. The number of fused-ring (bicyclic) bond motifs is 3. The van der Waals surface area contributed by atoms with Gasteiger partial charge in [-0.15, -0.1) is 11.3 Å². The first-order valence-electron chi connectivity index (χ1n) is 10.8. The predicted octanol–water partition coefficient (Wildman–Crippen LogP) is 8.80. The van der Waals surface area contributed by atoms with Crippen molar-refractivity contribution in [2.75, 3.05) is 0 Å². The first kappa shape index (κ1) is 19.3. The number of benzene rings is 3. The molecule has 5 aromatic rings. The zero-order valence-corrected chi connectivity index (χ0v) is 20.0. The molecule has 0 bridgehead atoms. The zero-order valence-electron chi connectivity index (χ0n) is 18.4. The van der Waals surface area contributed by atoms with Crippen LogP contribution in [0, 0.1) is 6.92 Å². The number of hydrogen-bond acceptors (Lipinski definition) is 2. The van der Waals surface area contributed by atoms with Crippen LogP contribution in [0.15, 0.2) is 54.7 Å². The van der Waals surface area contributed by atoms with Crippen molar-refractivity contribution >= 4 is 53.9 Å². The van der Waals surface area contributed by atoms with Crippen molar-refractivity contribution in [2.45, 2.75) is 45.4 Å². The molecular formula is C28H24ClNS. The molecule has 0 saturated carbocycles. The van der Waals surface area contributed by atoms with Gasteiger partial charge in [0, 0.05) is 32.3 Å². The summed E-state index contributed by atoms with van der Waals surface area (Å²) >= 11 is 8.24. The summed E-state index contributed by atoms with van der Waals surface area (Å²) in [5.74, 6) is 0. The van der Waals surface area contributed by atoms with E-state index in [4.69, 9.17) is 16.6 Å². The van der Waals surface area contributed by atoms with Gasteiger partial charge in [-0.2, -0.15) is 0 Å². The van der Waals surface area contributed by atoms with Crippen molar-refractivity contribution in [1.29, 1.82) is 0 Å². The maximum absolute atomic E-state index is 6.43. The van der Waals surface area contributed by atoms with Crippen LogP contribution in [0.4, 0.5) is 0 Å². The summed E-state index contributed by atoms with van der Waals surface area (Å²) in [5, 5.41) is 6.08. The monoisotopic (exact) mass is 441 g/mol. The first-order valence-corrected chi connectivity index (χ1v) is 12.0. The predicted molar refractivity (Wildman–Crippen MR) is 136 cm³/mol. The lowest BCUT2D eigenvalue weighted by atomic mass is 9.66. The van der Waals surface area contributed by atoms with Crippen LogP contribution in [0.5, 0.6) is 0 Å². The smallest absolute Gasteiger partial charge is 0.0880 e. The lowest BCUT2D eigenvalue weighted by Gasteiger charge is -2.37. The quantitative estimate of drug-likeness (QED) is 0.253. The van der Waals surface area contributed by atoms with Gasteiger partial charge in [0.1, 0.15) is 0 Å². The molecule has 0 unspecified atom stereocenters. The van der Waals surface area contributed by atoms with Crippen LogP contribution in [0.2, 0.25) is 5.02 Å². The number of aryl methyl sites for hydroxylation is 1. The molecule has 2 heterocycles. The summed E-state index contributed by atoms with van der Waals surface area (Å²) in [5.41, 5.74) is 6.43. The average molecular weight is 442 g/mol. The average Bonchev–Trinajstić information content (AvgIpc) is 3.20. The van der Waals surface area contributed by atoms with Gasteiger partial charge in [0.15, 0.2) is 0 Å². The van der Waals surface area contributed by atoms with Gasteiger partial charge in [-0.05, 0) is 69.5 Å². The number of rotatable bonds is 1. The third-order valence-corrected chi connectivity index (χ3v) is 9.66. The lowest BCUT2D eigenvalue weighted by molar-refractivity contribution is 0.322. The molecule has 6 rings (SSSR count). The molecule has 0 radical (unpaired) electrons. The van der Waals surface area contributed by atoms with Gasteiger partial charge in [-0.3, -0.25) is 4.98 Å². The molecule has 1 nitrogen and oxygen atoms in total. The van der Waals surface area contributed by atoms with Gasteiger partial charge in [0.2, 0.25) is 0 Å². The summed E-state index contributed by atoms with van der Waals surface area (Å²) in [6.07, 6.45) is 1.95. The maximum atomic E-state index is 6.43. The zero-order chi connectivity index (χ0) is 21.7. The SMILES string of the molecule is Cc1c(Cl)ccc2c1sc1c(-c3cc4c5c(cccc5c3)C(C)(C)C4(C)C)nccc12. The Hall–Kier alpha value is -2.42. The third kappa shape index (κ3) is 2.35. The minimum absolute atomic E-state index is 0.0448. The van der Waals surface area contributed by atoms with E-state index >= 15 is 0 Å². The highest BCUT2D eigenvalue weighted by Crippen LogP contribution is 2.55. The number of nitrogens with zero attached hydrogens (tertiary/aromatic N) is 1. The van der Waals surface area contributed by atoms with Gasteiger partial charge in [0.25, 0.3) is 0 Å². The number of pyridine rings is 1. The van der Waals surface area contributed by atoms with Crippen molar-refractivity contribution in [3.8, 4) is 11.3 Å². The second-order valence-corrected chi connectivity index (χ2v) is 11.3. The van der Waals surface area contributed by atoms with Crippen LogP contribution < -0.4 is 0 Å². The summed E-state index contributed by atoms with van der Waals surface area (Å²) < 4.78 is 2.49. The fourth-order valence-electron chi connectivity index (χ4n) is 5.33. The van der Waals surface area contributed by atoms with Crippen LogP contribution in [-0.4, -0.2) is 4.98 Å². The molecule has 0 aliphatic heterocycles. The Morgan fingerprint density at radius 3 is 2.39 bits per heavy atom. The Morgan fingerprint density at radius 1 is 0.839 bits per heavy atom. The normalized spacial score (nSPS) is 16.6. The van der Waals surface area contributed by atoms with E-state index < -0.39 is 0 Å². The second kappa shape index (κ2) is 6.09. The van der Waals surface area contributed by atoms with Gasteiger partial charge in [-0.1, -0.05) is 63.6 Å². The third-order valence-electron chi connectivity index (χ3n) is 7.90. The van der Waals surface area contributed by atoms with Crippen LogP contribution in [0.1, 0.15) is 44.4 Å². The van der Waals surface area contributed by atoms with E-state index in [1.807, 2.05) is 23.6 Å². The highest BCUT2D eigenvalue weighted by atomic mass is 35.5. The van der Waals surface area contributed by atoms with E-state index in [1.54, 1.807) is 0 Å². The van der Waals surface area contributed by atoms with E-state index in [2.05, 4.69) is 77.1 Å². The van der Waals surface area contributed by atoms with Gasteiger partial charge in [0.05, 0.1) is 10.4 Å². The van der Waals surface area contributed by atoms with Gasteiger partial charge < -0.3 is 0 Å². The molecule has 0 amide bonds. The molecule has 2 aromatic heterocycles. The van der Waals surface area contributed by atoms with Crippen molar-refractivity contribution in [3.63, 3.8) is 0 Å². The summed E-state index contributed by atoms with van der Waals surface area (Å²) in [6.45, 7) is 11.6. The summed E-state index contributed by atoms with van der Waals surface area (Å²) in [6, 6.07) is 17.8.